The quantitative estimate of drug-likeness (QED) is 0.106. The van der Waals surface area contributed by atoms with Gasteiger partial charge in [-0.05, 0) is 134 Å². The maximum atomic E-state index is 13.0. The Morgan fingerprint density at radius 2 is 1.72 bits per heavy atom. The second-order valence-electron chi connectivity index (χ2n) is 18.8. The number of hydrogen-bond acceptors (Lipinski definition) is 8. The summed E-state index contributed by atoms with van der Waals surface area (Å²) in [5, 5.41) is 13.7. The molecule has 304 valence electrons. The van der Waals surface area contributed by atoms with Crippen LogP contribution in [-0.2, 0) is 33.5 Å². The topological polar surface area (TPSA) is 131 Å². The molecule has 3 saturated carbocycles. The highest BCUT2D eigenvalue weighted by molar-refractivity contribution is 6.01. The summed E-state index contributed by atoms with van der Waals surface area (Å²) in [6, 6.07) is 0. The Hall–Kier alpha value is -2.82. The zero-order valence-electron chi connectivity index (χ0n) is 34.7. The number of hydrogen-bond donors (Lipinski definition) is 2. The first-order chi connectivity index (χ1) is 25.2. The summed E-state index contributed by atoms with van der Waals surface area (Å²) in [5.74, 6) is 0.101. The number of nitrogens with one attached hydrogen (secondary N) is 1. The van der Waals surface area contributed by atoms with Gasteiger partial charge in [0.2, 0.25) is 5.91 Å². The number of imide groups is 1. The van der Waals surface area contributed by atoms with Gasteiger partial charge in [0.05, 0.1) is 35.7 Å². The highest BCUT2D eigenvalue weighted by Crippen LogP contribution is 2.60. The monoisotopic (exact) mass is 755 g/mol. The molecule has 4 aliphatic rings. The first-order valence-corrected chi connectivity index (χ1v) is 20.6. The first kappa shape index (κ1) is 43.9. The number of hydroxylamine groups is 2. The number of nitrogens with zero attached hydrogens (tertiary/aromatic N) is 1. The van der Waals surface area contributed by atoms with Crippen molar-refractivity contribution in [3.63, 3.8) is 0 Å². The molecule has 1 unspecified atom stereocenters. The Morgan fingerprint density at radius 1 is 1.02 bits per heavy atom. The van der Waals surface area contributed by atoms with Crippen molar-refractivity contribution in [1.82, 2.24) is 10.4 Å². The van der Waals surface area contributed by atoms with Crippen LogP contribution < -0.4 is 5.32 Å². The third kappa shape index (κ3) is 12.1. The normalized spacial score (nSPS) is 27.5. The smallest absolute Gasteiger partial charge is 0.336 e. The third-order valence-electron chi connectivity index (χ3n) is 12.5. The fourth-order valence-electron chi connectivity index (χ4n) is 9.19. The van der Waals surface area contributed by atoms with E-state index in [1.165, 1.54) is 49.7 Å². The molecular formula is C44H70N2O8. The van der Waals surface area contributed by atoms with E-state index < -0.39 is 34.4 Å². The Balaban J connectivity index is 1.18. The molecular weight excluding hydrogens is 684 g/mol. The largest absolute Gasteiger partial charge is 0.390 e. The van der Waals surface area contributed by atoms with Crippen LogP contribution in [0.2, 0.25) is 0 Å². The zero-order valence-corrected chi connectivity index (χ0v) is 34.7. The molecule has 0 spiro atoms. The zero-order chi connectivity index (χ0) is 39.9. The highest BCUT2D eigenvalue weighted by atomic mass is 16.7. The fraction of sp³-hybridized carbons (Fsp3) is 0.773. The average molecular weight is 755 g/mol. The van der Waals surface area contributed by atoms with E-state index in [2.05, 4.69) is 37.9 Å². The molecule has 10 nitrogen and oxygen atoms in total. The van der Waals surface area contributed by atoms with Crippen molar-refractivity contribution in [2.24, 2.45) is 28.6 Å². The van der Waals surface area contributed by atoms with Gasteiger partial charge in [0.25, 0.3) is 11.8 Å². The Kier molecular flexibility index (Phi) is 15.0. The second-order valence-corrected chi connectivity index (χ2v) is 18.8. The van der Waals surface area contributed by atoms with E-state index in [0.717, 1.165) is 38.0 Å². The van der Waals surface area contributed by atoms with Crippen molar-refractivity contribution in [3.8, 4) is 0 Å². The molecule has 10 heteroatoms. The average Bonchev–Trinajstić information content (AvgIpc) is 3.60. The van der Waals surface area contributed by atoms with E-state index in [0.29, 0.717) is 41.9 Å². The van der Waals surface area contributed by atoms with Crippen molar-refractivity contribution >= 4 is 23.7 Å². The summed E-state index contributed by atoms with van der Waals surface area (Å²) >= 11 is 0. The number of ether oxygens (including phenoxy) is 2. The molecule has 0 aromatic carbocycles. The lowest BCUT2D eigenvalue weighted by Crippen LogP contribution is -2.43. The van der Waals surface area contributed by atoms with Gasteiger partial charge in [0, 0.05) is 26.0 Å². The van der Waals surface area contributed by atoms with Gasteiger partial charge in [-0.15, -0.1) is 5.06 Å². The molecule has 54 heavy (non-hydrogen) atoms. The van der Waals surface area contributed by atoms with Gasteiger partial charge < -0.3 is 24.7 Å². The number of amides is 3. The summed E-state index contributed by atoms with van der Waals surface area (Å²) in [5.41, 5.74) is 2.07. The van der Waals surface area contributed by atoms with Gasteiger partial charge in [-0.2, -0.15) is 0 Å². The lowest BCUT2D eigenvalue weighted by atomic mass is 9.60. The molecule has 0 aromatic rings. The Labute approximate surface area is 324 Å². The number of carbonyl (C=O) groups is 4. The molecule has 1 heterocycles. The predicted octanol–water partition coefficient (Wildman–Crippen LogP) is 8.08. The summed E-state index contributed by atoms with van der Waals surface area (Å²) < 4.78 is 12.3. The van der Waals surface area contributed by atoms with Gasteiger partial charge in [-0.3, -0.25) is 14.4 Å². The van der Waals surface area contributed by atoms with Crippen molar-refractivity contribution in [2.75, 3.05) is 19.8 Å². The Bertz CT molecular complexity index is 1420. The number of allylic oxidation sites excluding steroid dienone is 4. The molecule has 2 N–H and O–H groups in total. The van der Waals surface area contributed by atoms with Crippen LogP contribution in [-0.4, -0.2) is 70.9 Å². The van der Waals surface area contributed by atoms with Crippen LogP contribution in [0, 0.1) is 28.6 Å². The summed E-state index contributed by atoms with van der Waals surface area (Å²) in [6.45, 7) is 21.3. The molecule has 0 bridgehead atoms. The van der Waals surface area contributed by atoms with Crippen LogP contribution >= 0.6 is 0 Å². The van der Waals surface area contributed by atoms with Gasteiger partial charge >= 0.3 is 5.97 Å². The van der Waals surface area contributed by atoms with Crippen molar-refractivity contribution < 1.29 is 38.6 Å². The van der Waals surface area contributed by atoms with Crippen LogP contribution in [0.15, 0.2) is 35.5 Å². The molecule has 0 aromatic heterocycles. The second kappa shape index (κ2) is 18.4. The predicted molar refractivity (Wildman–Crippen MR) is 210 cm³/mol. The lowest BCUT2D eigenvalue weighted by Gasteiger charge is -2.44. The third-order valence-corrected chi connectivity index (χ3v) is 12.5. The maximum Gasteiger partial charge on any atom is 0.336 e. The van der Waals surface area contributed by atoms with E-state index in [9.17, 15) is 24.3 Å². The fourth-order valence-corrected chi connectivity index (χ4v) is 9.19. The van der Waals surface area contributed by atoms with E-state index in [1.54, 1.807) is 33.3 Å². The molecule has 1 aliphatic heterocycles. The molecule has 3 amide bonds. The standard InChI is InChI=1S/C44H70N2O8/c1-30-15-18-34(27-33(30)17-16-32-14-11-24-44(9)35(19-20-36(32)44)31(2)13-10-23-42(5,6)51)52-26-12-25-45-40(50)41(3,4)29-53-43(7,8)28-39(49)54-46-37(47)21-22-38(46)48/h16-17,31,34-36,51H,1,10-15,18-29H2,2-9H3,(H,45,50)/b32-16+,33-17-/t31-,34+,35?,36+,44-/m1/s1. The van der Waals surface area contributed by atoms with Gasteiger partial charge in [0.1, 0.15) is 0 Å². The minimum absolute atomic E-state index is 0.0310. The summed E-state index contributed by atoms with van der Waals surface area (Å²) in [6.07, 6.45) is 17.7. The minimum atomic E-state index is -0.974. The number of aliphatic hydroxyl groups is 1. The van der Waals surface area contributed by atoms with E-state index in [4.69, 9.17) is 14.3 Å². The van der Waals surface area contributed by atoms with Crippen LogP contribution in [0.25, 0.3) is 0 Å². The van der Waals surface area contributed by atoms with E-state index in [1.807, 2.05) is 13.8 Å². The van der Waals surface area contributed by atoms with Crippen molar-refractivity contribution in [2.45, 2.75) is 169 Å². The molecule has 0 radical (unpaired) electrons. The van der Waals surface area contributed by atoms with Gasteiger partial charge in [-0.25, -0.2) is 4.79 Å². The highest BCUT2D eigenvalue weighted by Gasteiger charge is 2.50. The molecule has 1 saturated heterocycles. The summed E-state index contributed by atoms with van der Waals surface area (Å²) in [4.78, 5) is 53.9. The molecule has 3 aliphatic carbocycles. The first-order valence-electron chi connectivity index (χ1n) is 20.6. The Morgan fingerprint density at radius 3 is 2.41 bits per heavy atom. The van der Waals surface area contributed by atoms with Crippen molar-refractivity contribution in [1.29, 1.82) is 0 Å². The molecule has 4 rings (SSSR count). The maximum absolute atomic E-state index is 13.0. The number of carbonyl (C=O) groups excluding carboxylic acids is 4. The SMILES string of the molecule is C=C1CC[C@H](OCCCNC(=O)C(C)(C)COC(C)(C)CC(=O)ON2C(=O)CCC2=O)C/C1=C/C=C1\CCC[C@]2(C)C([C@H](C)CCCC(C)(C)O)CC[C@@H]12. The van der Waals surface area contributed by atoms with E-state index >= 15 is 0 Å². The minimum Gasteiger partial charge on any atom is -0.390 e. The van der Waals surface area contributed by atoms with Crippen LogP contribution in [0.1, 0.15) is 152 Å². The molecule has 4 fully saturated rings. The van der Waals surface area contributed by atoms with Crippen LogP contribution in [0.4, 0.5) is 0 Å². The lowest BCUT2D eigenvalue weighted by molar-refractivity contribution is -0.201. The molecule has 5 atom stereocenters. The number of rotatable bonds is 18. The van der Waals surface area contributed by atoms with Crippen LogP contribution in [0.5, 0.6) is 0 Å². The van der Waals surface area contributed by atoms with Gasteiger partial charge in [0.15, 0.2) is 0 Å². The summed E-state index contributed by atoms with van der Waals surface area (Å²) in [7, 11) is 0. The van der Waals surface area contributed by atoms with Crippen LogP contribution in [0.3, 0.4) is 0 Å². The van der Waals surface area contributed by atoms with Crippen molar-refractivity contribution in [3.05, 3.63) is 35.5 Å². The van der Waals surface area contributed by atoms with Gasteiger partial charge in [-0.1, -0.05) is 56.6 Å². The number of fused-ring (bicyclic) bond motifs is 1. The van der Waals surface area contributed by atoms with E-state index in [-0.39, 0.29) is 37.9 Å².